The van der Waals surface area contributed by atoms with Crippen molar-refractivity contribution in [1.29, 1.82) is 0 Å². The van der Waals surface area contributed by atoms with Crippen molar-refractivity contribution < 1.29 is 9.90 Å². The molecule has 2 aromatic carbocycles. The molecule has 134 valence electrons. The number of rotatable bonds is 11. The Labute approximate surface area is 151 Å². The molecule has 0 radical (unpaired) electrons. The van der Waals surface area contributed by atoms with Crippen molar-refractivity contribution in [2.75, 3.05) is 0 Å². The molecule has 0 spiro atoms. The lowest BCUT2D eigenvalue weighted by Crippen LogP contribution is -2.04. The highest BCUT2D eigenvalue weighted by atomic mass is 16.4. The zero-order valence-corrected chi connectivity index (χ0v) is 15.3. The SMILES string of the molecule is CCCCCCCCCC=C(Cc1cccc2ccccc12)C(=O)O. The van der Waals surface area contributed by atoms with Crippen LogP contribution in [0.2, 0.25) is 0 Å². The minimum Gasteiger partial charge on any atom is -0.478 e. The molecule has 2 aromatic rings. The van der Waals surface area contributed by atoms with Crippen molar-refractivity contribution in [3.63, 3.8) is 0 Å². The molecule has 0 bridgehead atoms. The minimum absolute atomic E-state index is 0.493. The Balaban J connectivity index is 1.91. The Hall–Kier alpha value is -2.09. The molecule has 0 heterocycles. The summed E-state index contributed by atoms with van der Waals surface area (Å²) >= 11 is 0. The van der Waals surface area contributed by atoms with Crippen LogP contribution in [0, 0.1) is 0 Å². The van der Waals surface area contributed by atoms with Gasteiger partial charge in [-0.3, -0.25) is 0 Å². The van der Waals surface area contributed by atoms with Crippen molar-refractivity contribution in [3.8, 4) is 0 Å². The van der Waals surface area contributed by atoms with Gasteiger partial charge in [-0.15, -0.1) is 0 Å². The second kappa shape index (κ2) is 10.7. The van der Waals surface area contributed by atoms with Gasteiger partial charge in [0.05, 0.1) is 0 Å². The van der Waals surface area contributed by atoms with Gasteiger partial charge in [-0.25, -0.2) is 4.79 Å². The van der Waals surface area contributed by atoms with Crippen LogP contribution < -0.4 is 0 Å². The molecule has 0 aliphatic rings. The van der Waals surface area contributed by atoms with Crippen molar-refractivity contribution in [2.45, 2.75) is 64.7 Å². The predicted octanol–water partition coefficient (Wildman–Crippen LogP) is 6.53. The topological polar surface area (TPSA) is 37.3 Å². The van der Waals surface area contributed by atoms with Gasteiger partial charge in [0.2, 0.25) is 0 Å². The third-order valence-electron chi connectivity index (χ3n) is 4.73. The van der Waals surface area contributed by atoms with E-state index in [9.17, 15) is 9.90 Å². The number of carboxylic acids is 1. The normalized spacial score (nSPS) is 11.8. The molecule has 0 saturated carbocycles. The summed E-state index contributed by atoms with van der Waals surface area (Å²) in [4.78, 5) is 11.6. The van der Waals surface area contributed by atoms with Crippen molar-refractivity contribution in [2.24, 2.45) is 0 Å². The van der Waals surface area contributed by atoms with Crippen molar-refractivity contribution >= 4 is 16.7 Å². The fourth-order valence-corrected chi connectivity index (χ4v) is 3.26. The number of hydrogen-bond donors (Lipinski definition) is 1. The molecule has 0 amide bonds. The Bertz CT molecular complexity index is 695. The standard InChI is InChI=1S/C23H30O2/c1-2-3-4-5-6-7-8-9-14-21(23(24)25)18-20-16-12-15-19-13-10-11-17-22(19)20/h10-17H,2-9,18H2,1H3,(H,24,25). The van der Waals surface area contributed by atoms with E-state index < -0.39 is 5.97 Å². The molecule has 1 N–H and O–H groups in total. The van der Waals surface area contributed by atoms with Crippen molar-refractivity contribution in [3.05, 3.63) is 59.7 Å². The monoisotopic (exact) mass is 338 g/mol. The Morgan fingerprint density at radius 1 is 0.920 bits per heavy atom. The smallest absolute Gasteiger partial charge is 0.331 e. The third kappa shape index (κ3) is 6.38. The van der Waals surface area contributed by atoms with Gasteiger partial charge >= 0.3 is 5.97 Å². The summed E-state index contributed by atoms with van der Waals surface area (Å²) in [7, 11) is 0. The highest BCUT2D eigenvalue weighted by molar-refractivity contribution is 5.90. The molecule has 0 fully saturated rings. The van der Waals surface area contributed by atoms with Crippen LogP contribution in [0.25, 0.3) is 10.8 Å². The summed E-state index contributed by atoms with van der Waals surface area (Å²) in [6.45, 7) is 2.23. The van der Waals surface area contributed by atoms with E-state index in [1.807, 2.05) is 30.3 Å². The summed E-state index contributed by atoms with van der Waals surface area (Å²) in [6.07, 6.45) is 12.1. The maximum atomic E-state index is 11.6. The minimum atomic E-state index is -0.795. The van der Waals surface area contributed by atoms with E-state index in [4.69, 9.17) is 0 Å². The zero-order chi connectivity index (χ0) is 17.9. The molecule has 0 aromatic heterocycles. The van der Waals surface area contributed by atoms with Crippen LogP contribution in [0.5, 0.6) is 0 Å². The van der Waals surface area contributed by atoms with Crippen LogP contribution in [-0.2, 0) is 11.2 Å². The molecule has 0 unspecified atom stereocenters. The maximum absolute atomic E-state index is 11.6. The second-order valence-corrected chi connectivity index (χ2v) is 6.76. The van der Waals surface area contributed by atoms with E-state index in [1.54, 1.807) is 0 Å². The second-order valence-electron chi connectivity index (χ2n) is 6.76. The molecule has 0 aliphatic carbocycles. The summed E-state index contributed by atoms with van der Waals surface area (Å²) < 4.78 is 0. The van der Waals surface area contributed by atoms with E-state index >= 15 is 0 Å². The highest BCUT2D eigenvalue weighted by Gasteiger charge is 2.10. The lowest BCUT2D eigenvalue weighted by molar-refractivity contribution is -0.132. The Morgan fingerprint density at radius 2 is 1.60 bits per heavy atom. The van der Waals surface area contributed by atoms with Gasteiger partial charge in [-0.2, -0.15) is 0 Å². The van der Waals surface area contributed by atoms with Crippen LogP contribution in [0.1, 0.15) is 63.9 Å². The largest absolute Gasteiger partial charge is 0.478 e. The molecule has 2 nitrogen and oxygen atoms in total. The predicted molar refractivity (Wildman–Crippen MR) is 106 cm³/mol. The number of unbranched alkanes of at least 4 members (excludes halogenated alkanes) is 7. The van der Waals surface area contributed by atoms with Gasteiger partial charge in [0.25, 0.3) is 0 Å². The first kappa shape index (κ1) is 19.2. The molecule has 2 heteroatoms. The first-order chi connectivity index (χ1) is 12.2. The fourth-order valence-electron chi connectivity index (χ4n) is 3.26. The number of hydrogen-bond acceptors (Lipinski definition) is 1. The Morgan fingerprint density at radius 3 is 2.36 bits per heavy atom. The summed E-state index contributed by atoms with van der Waals surface area (Å²) in [5.74, 6) is -0.795. The van der Waals surface area contributed by atoms with Gasteiger partial charge in [-0.05, 0) is 29.2 Å². The third-order valence-corrected chi connectivity index (χ3v) is 4.73. The van der Waals surface area contributed by atoms with Gasteiger partial charge in [0.1, 0.15) is 0 Å². The van der Waals surface area contributed by atoms with E-state index in [1.165, 1.54) is 38.5 Å². The number of fused-ring (bicyclic) bond motifs is 1. The summed E-state index contributed by atoms with van der Waals surface area (Å²) in [5, 5.41) is 11.8. The molecule has 0 aliphatic heterocycles. The summed E-state index contributed by atoms with van der Waals surface area (Å²) in [5.41, 5.74) is 1.61. The molecule has 0 saturated heterocycles. The van der Waals surface area contributed by atoms with Gasteiger partial charge < -0.3 is 5.11 Å². The number of carbonyl (C=O) groups is 1. The van der Waals surface area contributed by atoms with Gasteiger partial charge in [0.15, 0.2) is 0 Å². The molecule has 2 rings (SSSR count). The number of allylic oxidation sites excluding steroid dienone is 1. The van der Waals surface area contributed by atoms with Crippen LogP contribution in [0.3, 0.4) is 0 Å². The maximum Gasteiger partial charge on any atom is 0.331 e. The van der Waals surface area contributed by atoms with Crippen molar-refractivity contribution in [1.82, 2.24) is 0 Å². The quantitative estimate of drug-likeness (QED) is 0.373. The average Bonchev–Trinajstić information content (AvgIpc) is 2.63. The number of aliphatic carboxylic acids is 1. The fraction of sp³-hybridized carbons (Fsp3) is 0.435. The average molecular weight is 338 g/mol. The highest BCUT2D eigenvalue weighted by Crippen LogP contribution is 2.21. The van der Waals surface area contributed by atoms with Crippen LogP contribution in [-0.4, -0.2) is 11.1 Å². The van der Waals surface area contributed by atoms with Crippen LogP contribution in [0.15, 0.2) is 54.1 Å². The summed E-state index contributed by atoms with van der Waals surface area (Å²) in [6, 6.07) is 14.3. The molecule has 25 heavy (non-hydrogen) atoms. The Kier molecular flexibility index (Phi) is 8.24. The van der Waals surface area contributed by atoms with E-state index in [-0.39, 0.29) is 0 Å². The van der Waals surface area contributed by atoms with Gasteiger partial charge in [0, 0.05) is 12.0 Å². The van der Waals surface area contributed by atoms with E-state index in [0.717, 1.165) is 29.2 Å². The molecule has 0 atom stereocenters. The zero-order valence-electron chi connectivity index (χ0n) is 15.3. The number of benzene rings is 2. The lowest BCUT2D eigenvalue weighted by Gasteiger charge is -2.08. The van der Waals surface area contributed by atoms with Crippen LogP contribution >= 0.6 is 0 Å². The molecular weight excluding hydrogens is 308 g/mol. The first-order valence-electron chi connectivity index (χ1n) is 9.61. The molecular formula is C23H30O2. The lowest BCUT2D eigenvalue weighted by atomic mass is 9.97. The number of carboxylic acid groups (broad SMARTS) is 1. The van der Waals surface area contributed by atoms with E-state index in [0.29, 0.717) is 12.0 Å². The first-order valence-corrected chi connectivity index (χ1v) is 9.61. The van der Waals surface area contributed by atoms with Crippen LogP contribution in [0.4, 0.5) is 0 Å². The van der Waals surface area contributed by atoms with E-state index in [2.05, 4.69) is 25.1 Å². The van der Waals surface area contributed by atoms with Gasteiger partial charge in [-0.1, -0.05) is 94.0 Å².